The number of anilines is 1. The lowest BCUT2D eigenvalue weighted by atomic mass is 10.0. The lowest BCUT2D eigenvalue weighted by Crippen LogP contribution is -2.52. The summed E-state index contributed by atoms with van der Waals surface area (Å²) in [6.45, 7) is 0. The monoisotopic (exact) mass is 329 g/mol. The Morgan fingerprint density at radius 2 is 1.90 bits per heavy atom. The van der Waals surface area contributed by atoms with Crippen LogP contribution in [-0.4, -0.2) is 35.7 Å². The van der Waals surface area contributed by atoms with Crippen molar-refractivity contribution in [3.63, 3.8) is 0 Å². The molecule has 0 bridgehead atoms. The molecular formula is C13H13Cl2N3O3. The Hall–Kier alpha value is -1.79. The predicted octanol–water partition coefficient (Wildman–Crippen LogP) is 1.45. The molecule has 0 saturated carbocycles. The summed E-state index contributed by atoms with van der Waals surface area (Å²) in [4.78, 5) is 36.4. The molecule has 0 aliphatic carbocycles. The molecule has 1 heterocycles. The molecule has 8 heteroatoms. The first-order chi connectivity index (χ1) is 9.81. The number of hydrogen-bond donors (Lipinski definition) is 2. The highest BCUT2D eigenvalue weighted by molar-refractivity contribution is 6.39. The van der Waals surface area contributed by atoms with Gasteiger partial charge in [0.2, 0.25) is 5.91 Å². The van der Waals surface area contributed by atoms with Gasteiger partial charge in [-0.1, -0.05) is 23.2 Å². The number of carbonyl (C=O) groups is 3. The van der Waals surface area contributed by atoms with Crippen molar-refractivity contribution in [2.24, 2.45) is 0 Å². The average Bonchev–Trinajstić information content (AvgIpc) is 2.44. The minimum Gasteiger partial charge on any atom is -0.396 e. The molecule has 3 N–H and O–H groups in total. The molecule has 1 aliphatic rings. The minimum absolute atomic E-state index is 0.162. The topological polar surface area (TPSA) is 92.5 Å². The number of imide groups is 1. The molecule has 6 nitrogen and oxygen atoms in total. The number of amides is 3. The maximum atomic E-state index is 12.1. The highest BCUT2D eigenvalue weighted by Gasteiger charge is 2.32. The summed E-state index contributed by atoms with van der Waals surface area (Å²) in [5.74, 6) is -1.20. The number of nitrogens with two attached hydrogens (primary N) is 1. The fourth-order valence-electron chi connectivity index (χ4n) is 2.01. The van der Waals surface area contributed by atoms with Gasteiger partial charge in [0.25, 0.3) is 11.8 Å². The summed E-state index contributed by atoms with van der Waals surface area (Å²) in [5.41, 5.74) is 5.99. The SMILES string of the molecule is CN1C(=O)CCC(NC(=O)c2cc(Cl)c(N)c(Cl)c2)C1=O. The van der Waals surface area contributed by atoms with Crippen molar-refractivity contribution in [1.82, 2.24) is 10.2 Å². The summed E-state index contributed by atoms with van der Waals surface area (Å²) in [6.07, 6.45) is 0.473. The van der Waals surface area contributed by atoms with Crippen molar-refractivity contribution in [3.8, 4) is 0 Å². The molecular weight excluding hydrogens is 317 g/mol. The van der Waals surface area contributed by atoms with Crippen molar-refractivity contribution in [3.05, 3.63) is 27.7 Å². The summed E-state index contributed by atoms with van der Waals surface area (Å²) in [5, 5.41) is 2.89. The lowest BCUT2D eigenvalue weighted by molar-refractivity contribution is -0.147. The maximum absolute atomic E-state index is 12.1. The highest BCUT2D eigenvalue weighted by Crippen LogP contribution is 2.28. The van der Waals surface area contributed by atoms with Gasteiger partial charge in [-0.15, -0.1) is 0 Å². The maximum Gasteiger partial charge on any atom is 0.252 e. The van der Waals surface area contributed by atoms with Crippen LogP contribution in [0, 0.1) is 0 Å². The molecule has 2 rings (SSSR count). The molecule has 1 saturated heterocycles. The molecule has 1 fully saturated rings. The fourth-order valence-corrected chi connectivity index (χ4v) is 2.49. The number of rotatable bonds is 2. The van der Waals surface area contributed by atoms with Crippen LogP contribution in [0.25, 0.3) is 0 Å². The summed E-state index contributed by atoms with van der Waals surface area (Å²) in [7, 11) is 1.39. The van der Waals surface area contributed by atoms with E-state index in [-0.39, 0.29) is 40.0 Å². The number of likely N-dealkylation sites (tertiary alicyclic amines) is 1. The number of nitrogens with one attached hydrogen (secondary N) is 1. The third-order valence-electron chi connectivity index (χ3n) is 3.30. The number of nitrogen functional groups attached to an aromatic ring is 1. The van der Waals surface area contributed by atoms with Crippen molar-refractivity contribution in [2.45, 2.75) is 18.9 Å². The number of benzene rings is 1. The number of halogens is 2. The van der Waals surface area contributed by atoms with Crippen LogP contribution in [0.1, 0.15) is 23.2 Å². The zero-order valence-corrected chi connectivity index (χ0v) is 12.7. The highest BCUT2D eigenvalue weighted by atomic mass is 35.5. The van der Waals surface area contributed by atoms with Crippen LogP contribution in [0.3, 0.4) is 0 Å². The Labute approximate surface area is 131 Å². The third kappa shape index (κ3) is 3.11. The zero-order valence-electron chi connectivity index (χ0n) is 11.2. The molecule has 21 heavy (non-hydrogen) atoms. The van der Waals surface area contributed by atoms with E-state index in [1.165, 1.54) is 19.2 Å². The second-order valence-corrected chi connectivity index (χ2v) is 5.52. The van der Waals surface area contributed by atoms with Gasteiger partial charge in [0, 0.05) is 19.0 Å². The van der Waals surface area contributed by atoms with E-state index in [0.29, 0.717) is 0 Å². The molecule has 0 radical (unpaired) electrons. The Bertz CT molecular complexity index is 610. The second-order valence-electron chi connectivity index (χ2n) is 4.71. The van der Waals surface area contributed by atoms with Crippen LogP contribution >= 0.6 is 23.2 Å². The number of nitrogens with zero attached hydrogens (tertiary/aromatic N) is 1. The quantitative estimate of drug-likeness (QED) is 0.634. The van der Waals surface area contributed by atoms with E-state index < -0.39 is 17.9 Å². The van der Waals surface area contributed by atoms with Crippen molar-refractivity contribution in [2.75, 3.05) is 12.8 Å². The summed E-state index contributed by atoms with van der Waals surface area (Å²) < 4.78 is 0. The van der Waals surface area contributed by atoms with Gasteiger partial charge in [-0.2, -0.15) is 0 Å². The van der Waals surface area contributed by atoms with E-state index in [1.54, 1.807) is 0 Å². The molecule has 1 aromatic carbocycles. The Balaban J connectivity index is 2.15. The predicted molar refractivity (Wildman–Crippen MR) is 79.1 cm³/mol. The van der Waals surface area contributed by atoms with Gasteiger partial charge in [-0.05, 0) is 18.6 Å². The van der Waals surface area contributed by atoms with E-state index in [2.05, 4.69) is 5.32 Å². The molecule has 0 aromatic heterocycles. The van der Waals surface area contributed by atoms with Gasteiger partial charge in [0.1, 0.15) is 6.04 Å². The van der Waals surface area contributed by atoms with Crippen molar-refractivity contribution < 1.29 is 14.4 Å². The molecule has 3 amide bonds. The van der Waals surface area contributed by atoms with Gasteiger partial charge in [-0.25, -0.2) is 0 Å². The molecule has 0 spiro atoms. The first-order valence-electron chi connectivity index (χ1n) is 6.17. The molecule has 1 aromatic rings. The van der Waals surface area contributed by atoms with Crippen LogP contribution in [0.5, 0.6) is 0 Å². The van der Waals surface area contributed by atoms with Crippen LogP contribution in [0.2, 0.25) is 10.0 Å². The van der Waals surface area contributed by atoms with Gasteiger partial charge in [0.05, 0.1) is 15.7 Å². The van der Waals surface area contributed by atoms with E-state index >= 15 is 0 Å². The molecule has 112 valence electrons. The van der Waals surface area contributed by atoms with Gasteiger partial charge in [-0.3, -0.25) is 19.3 Å². The normalized spacial score (nSPS) is 18.8. The van der Waals surface area contributed by atoms with Gasteiger partial charge < -0.3 is 11.1 Å². The first kappa shape index (κ1) is 15.6. The van der Waals surface area contributed by atoms with Gasteiger partial charge in [0.15, 0.2) is 0 Å². The third-order valence-corrected chi connectivity index (χ3v) is 3.92. The second kappa shape index (κ2) is 5.91. The first-order valence-corrected chi connectivity index (χ1v) is 6.92. The van der Waals surface area contributed by atoms with Crippen LogP contribution in [0.4, 0.5) is 5.69 Å². The van der Waals surface area contributed by atoms with Crippen LogP contribution in [-0.2, 0) is 9.59 Å². The Morgan fingerprint density at radius 3 is 2.48 bits per heavy atom. The number of piperidine rings is 1. The largest absolute Gasteiger partial charge is 0.396 e. The standard InChI is InChI=1S/C13H13Cl2N3O3/c1-18-10(19)3-2-9(13(18)21)17-12(20)6-4-7(14)11(16)8(15)5-6/h4-5,9H,2-3,16H2,1H3,(H,17,20). The Kier molecular flexibility index (Phi) is 4.39. The number of carbonyl (C=O) groups excluding carboxylic acids is 3. The van der Waals surface area contributed by atoms with Gasteiger partial charge >= 0.3 is 0 Å². The smallest absolute Gasteiger partial charge is 0.252 e. The van der Waals surface area contributed by atoms with E-state index in [1.807, 2.05) is 0 Å². The molecule has 1 atom stereocenters. The summed E-state index contributed by atoms with van der Waals surface area (Å²) in [6, 6.07) is 2.01. The lowest BCUT2D eigenvalue weighted by Gasteiger charge is -2.28. The number of hydrogen-bond acceptors (Lipinski definition) is 4. The van der Waals surface area contributed by atoms with E-state index in [0.717, 1.165) is 4.90 Å². The number of likely N-dealkylation sites (N-methyl/N-ethyl adjacent to an activating group) is 1. The summed E-state index contributed by atoms with van der Waals surface area (Å²) >= 11 is 11.7. The molecule has 1 unspecified atom stereocenters. The van der Waals surface area contributed by atoms with Crippen molar-refractivity contribution in [1.29, 1.82) is 0 Å². The average molecular weight is 330 g/mol. The fraction of sp³-hybridized carbons (Fsp3) is 0.308. The Morgan fingerprint density at radius 1 is 1.33 bits per heavy atom. The zero-order chi connectivity index (χ0) is 15.7. The van der Waals surface area contributed by atoms with E-state index in [4.69, 9.17) is 28.9 Å². The van der Waals surface area contributed by atoms with Crippen molar-refractivity contribution >= 4 is 46.6 Å². The van der Waals surface area contributed by atoms with Crippen LogP contribution in [0.15, 0.2) is 12.1 Å². The minimum atomic E-state index is -0.740. The van der Waals surface area contributed by atoms with Crippen LogP contribution < -0.4 is 11.1 Å². The molecule has 1 aliphatic heterocycles. The van der Waals surface area contributed by atoms with E-state index in [9.17, 15) is 14.4 Å².